The fraction of sp³-hybridized carbons (Fsp3) is 0.0625. The Labute approximate surface area is 402 Å². The minimum atomic E-state index is -0.187. The van der Waals surface area contributed by atoms with Crippen LogP contribution in [0.4, 0.5) is 17.1 Å². The van der Waals surface area contributed by atoms with Crippen molar-refractivity contribution in [3.63, 3.8) is 0 Å². The number of fused-ring (bicyclic) bond motifs is 10. The first-order chi connectivity index (χ1) is 33.9. The van der Waals surface area contributed by atoms with Crippen molar-refractivity contribution in [2.45, 2.75) is 26.2 Å². The lowest BCUT2D eigenvalue weighted by Crippen LogP contribution is -2.59. The summed E-state index contributed by atoms with van der Waals surface area (Å²) in [6.45, 7) is 6.82. The smallest absolute Gasteiger partial charge is 0.256 e. The maximum absolute atomic E-state index is 7.39. The molecule has 4 nitrogen and oxygen atoms in total. The molecular formula is C64H46BN3O. The molecule has 0 saturated heterocycles. The first kappa shape index (κ1) is 39.6. The number of benzene rings is 10. The second-order valence-electron chi connectivity index (χ2n) is 19.7. The van der Waals surface area contributed by atoms with E-state index in [0.717, 1.165) is 67.7 Å². The van der Waals surface area contributed by atoms with Gasteiger partial charge in [-0.1, -0.05) is 185 Å². The molecule has 2 aliphatic heterocycles. The average molecular weight is 884 g/mol. The van der Waals surface area contributed by atoms with Crippen molar-refractivity contribution in [1.29, 1.82) is 0 Å². The first-order valence-electron chi connectivity index (χ1n) is 24.0. The van der Waals surface area contributed by atoms with Crippen molar-refractivity contribution in [2.24, 2.45) is 0 Å². The van der Waals surface area contributed by atoms with E-state index < -0.39 is 0 Å². The zero-order valence-electron chi connectivity index (χ0n) is 38.7. The van der Waals surface area contributed by atoms with Gasteiger partial charge in [-0.25, -0.2) is 0 Å². The number of nitrogens with zero attached hydrogens (tertiary/aromatic N) is 3. The zero-order chi connectivity index (χ0) is 46.0. The molecule has 0 aliphatic carbocycles. The highest BCUT2D eigenvalue weighted by molar-refractivity contribution is 6.99. The summed E-state index contributed by atoms with van der Waals surface area (Å²) in [4.78, 5) is 2.59. The topological polar surface area (TPSA) is 22.3 Å². The molecule has 0 bridgehead atoms. The normalized spacial score (nSPS) is 12.9. The monoisotopic (exact) mass is 883 g/mol. The largest absolute Gasteiger partial charge is 0.458 e. The van der Waals surface area contributed by atoms with Gasteiger partial charge in [0.05, 0.1) is 27.8 Å². The Kier molecular flexibility index (Phi) is 8.60. The van der Waals surface area contributed by atoms with Crippen LogP contribution in [0, 0.1) is 0 Å². The predicted molar refractivity (Wildman–Crippen MR) is 291 cm³/mol. The molecule has 12 aromatic rings. The van der Waals surface area contributed by atoms with E-state index >= 15 is 0 Å². The Morgan fingerprint density at radius 1 is 0.391 bits per heavy atom. The van der Waals surface area contributed by atoms with E-state index in [9.17, 15) is 0 Å². The molecule has 2 aromatic heterocycles. The molecule has 10 aromatic carbocycles. The number of rotatable bonds is 5. The standard InChI is InChI=1S/C64H46BN3O/c1-64(2,3)43-37-59-62-61(38-43)69-60-40-45(67-56-31-16-12-25-50(56)51-26-13-17-32-57(51)67)34-36-53(60)65(62)52-35-33-44(66-54-29-14-10-23-48(54)49-24-11-15-30-55(49)66)39-58(52)68(59)63-46(41-19-6-4-7-20-41)27-18-28-47(63)42-21-8-5-9-22-42/h4-40H,1-3H3. The van der Waals surface area contributed by atoms with E-state index in [1.54, 1.807) is 0 Å². The van der Waals surface area contributed by atoms with Crippen LogP contribution in [0.15, 0.2) is 224 Å². The summed E-state index contributed by atoms with van der Waals surface area (Å²) in [6, 6.07) is 82.5. The zero-order valence-corrected chi connectivity index (χ0v) is 38.7. The van der Waals surface area contributed by atoms with Gasteiger partial charge in [-0.05, 0) is 93.1 Å². The molecule has 4 heterocycles. The van der Waals surface area contributed by atoms with E-state index in [-0.39, 0.29) is 12.1 Å². The van der Waals surface area contributed by atoms with Gasteiger partial charge in [-0.3, -0.25) is 0 Å². The second-order valence-corrected chi connectivity index (χ2v) is 19.7. The van der Waals surface area contributed by atoms with Gasteiger partial charge in [-0.2, -0.15) is 0 Å². The summed E-state index contributed by atoms with van der Waals surface area (Å²) in [5.74, 6) is 1.78. The number of anilines is 3. The lowest BCUT2D eigenvalue weighted by atomic mass is 9.34. The van der Waals surface area contributed by atoms with Gasteiger partial charge in [0.25, 0.3) is 6.71 Å². The van der Waals surface area contributed by atoms with Crippen LogP contribution in [0.1, 0.15) is 26.3 Å². The Morgan fingerprint density at radius 2 is 0.855 bits per heavy atom. The van der Waals surface area contributed by atoms with Gasteiger partial charge in [0, 0.05) is 61.5 Å². The summed E-state index contributed by atoms with van der Waals surface area (Å²) >= 11 is 0. The summed E-state index contributed by atoms with van der Waals surface area (Å²) in [7, 11) is 0. The van der Waals surface area contributed by atoms with Crippen LogP contribution >= 0.6 is 0 Å². The number of hydrogen-bond donors (Lipinski definition) is 0. The van der Waals surface area contributed by atoms with Crippen molar-refractivity contribution in [1.82, 2.24) is 9.13 Å². The van der Waals surface area contributed by atoms with Crippen LogP contribution in [-0.2, 0) is 5.41 Å². The summed E-state index contributed by atoms with van der Waals surface area (Å²) in [6.07, 6.45) is 0. The van der Waals surface area contributed by atoms with E-state index in [2.05, 4.69) is 259 Å². The molecule has 0 atom stereocenters. The third kappa shape index (κ3) is 5.96. The van der Waals surface area contributed by atoms with Gasteiger partial charge in [0.2, 0.25) is 0 Å². The van der Waals surface area contributed by atoms with E-state index in [1.165, 1.54) is 60.1 Å². The van der Waals surface area contributed by atoms with Crippen LogP contribution in [0.25, 0.3) is 77.2 Å². The minimum Gasteiger partial charge on any atom is -0.458 e. The molecule has 326 valence electrons. The Bertz CT molecular complexity index is 3880. The number of aromatic nitrogens is 2. The van der Waals surface area contributed by atoms with E-state index in [1.807, 2.05) is 0 Å². The molecule has 0 saturated carbocycles. The highest BCUT2D eigenvalue weighted by atomic mass is 16.5. The third-order valence-electron chi connectivity index (χ3n) is 14.7. The second kappa shape index (κ2) is 15.0. The number of hydrogen-bond acceptors (Lipinski definition) is 2. The summed E-state index contributed by atoms with van der Waals surface area (Å²) < 4.78 is 12.2. The van der Waals surface area contributed by atoms with Crippen LogP contribution in [-0.4, -0.2) is 15.8 Å². The Balaban J connectivity index is 1.09. The van der Waals surface area contributed by atoms with Crippen LogP contribution in [0.5, 0.6) is 11.5 Å². The number of para-hydroxylation sites is 5. The van der Waals surface area contributed by atoms with E-state index in [4.69, 9.17) is 4.74 Å². The van der Waals surface area contributed by atoms with Crippen LogP contribution < -0.4 is 26.0 Å². The molecule has 0 spiro atoms. The quantitative estimate of drug-likeness (QED) is 0.161. The molecular weight excluding hydrogens is 838 g/mol. The maximum atomic E-state index is 7.39. The lowest BCUT2D eigenvalue weighted by molar-refractivity contribution is 0.483. The van der Waals surface area contributed by atoms with Gasteiger partial charge >= 0.3 is 0 Å². The van der Waals surface area contributed by atoms with Gasteiger partial charge in [0.1, 0.15) is 11.5 Å². The minimum absolute atomic E-state index is 0.109. The summed E-state index contributed by atoms with van der Waals surface area (Å²) in [5, 5.41) is 4.96. The molecule has 0 fully saturated rings. The van der Waals surface area contributed by atoms with Crippen LogP contribution in [0.3, 0.4) is 0 Å². The third-order valence-corrected chi connectivity index (χ3v) is 14.7. The molecule has 0 unspecified atom stereocenters. The highest BCUT2D eigenvalue weighted by Crippen LogP contribution is 2.50. The molecule has 2 aliphatic rings. The molecule has 5 heteroatoms. The molecule has 69 heavy (non-hydrogen) atoms. The highest BCUT2D eigenvalue weighted by Gasteiger charge is 2.44. The van der Waals surface area contributed by atoms with Gasteiger partial charge in [0.15, 0.2) is 0 Å². The molecule has 0 radical (unpaired) electrons. The number of ether oxygens (including phenoxy) is 1. The van der Waals surface area contributed by atoms with Crippen molar-refractivity contribution < 1.29 is 4.74 Å². The van der Waals surface area contributed by atoms with Gasteiger partial charge < -0.3 is 18.8 Å². The Morgan fingerprint density at radius 3 is 1.36 bits per heavy atom. The molecule has 0 amide bonds. The SMILES string of the molecule is CC(C)(C)c1cc2c3c(c1)N(c1c(-c4ccccc4)cccc1-c1ccccc1)c1cc(-n4c5ccccc5c5ccccc54)ccc1B3c1ccc(-n3c4ccccc4c4ccccc43)cc1O2. The lowest BCUT2D eigenvalue weighted by Gasteiger charge is -2.42. The first-order valence-corrected chi connectivity index (χ1v) is 24.0. The average Bonchev–Trinajstić information content (AvgIpc) is 3.91. The van der Waals surface area contributed by atoms with Crippen molar-refractivity contribution in [3.05, 3.63) is 230 Å². The molecule has 0 N–H and O–H groups in total. The van der Waals surface area contributed by atoms with Crippen LogP contribution in [0.2, 0.25) is 0 Å². The van der Waals surface area contributed by atoms with Crippen molar-refractivity contribution in [3.8, 4) is 45.1 Å². The van der Waals surface area contributed by atoms with Crippen molar-refractivity contribution in [2.75, 3.05) is 4.90 Å². The fourth-order valence-electron chi connectivity index (χ4n) is 11.6. The fourth-order valence-corrected chi connectivity index (χ4v) is 11.6. The molecule has 14 rings (SSSR count). The Hall–Kier alpha value is -8.54. The maximum Gasteiger partial charge on any atom is 0.256 e. The van der Waals surface area contributed by atoms with E-state index in [0.29, 0.717) is 0 Å². The van der Waals surface area contributed by atoms with Gasteiger partial charge in [-0.15, -0.1) is 0 Å². The summed E-state index contributed by atoms with van der Waals surface area (Å²) in [5.41, 5.74) is 19.5. The predicted octanol–water partition coefficient (Wildman–Crippen LogP) is 14.9. The van der Waals surface area contributed by atoms with Crippen molar-refractivity contribution >= 4 is 83.8 Å².